The second kappa shape index (κ2) is 16.4. The monoisotopic (exact) mass is 807 g/mol. The van der Waals surface area contributed by atoms with E-state index in [9.17, 15) is 19.7 Å². The first-order chi connectivity index (χ1) is 28.0. The molecule has 0 unspecified atom stereocenters. The van der Waals surface area contributed by atoms with Crippen molar-refractivity contribution in [3.63, 3.8) is 0 Å². The number of halogens is 1. The molecule has 0 spiro atoms. The van der Waals surface area contributed by atoms with Gasteiger partial charge in [-0.05, 0) is 106 Å². The van der Waals surface area contributed by atoms with Crippen molar-refractivity contribution in [2.24, 2.45) is 17.8 Å². The summed E-state index contributed by atoms with van der Waals surface area (Å²) in [5.74, 6) is -1.66. The number of allylic oxidation sites excluding steroid dienone is 1. The Labute approximate surface area is 346 Å². The van der Waals surface area contributed by atoms with Gasteiger partial charge in [-0.1, -0.05) is 123 Å². The average Bonchev–Trinajstić information content (AvgIpc) is 3.22. The van der Waals surface area contributed by atoms with E-state index in [0.717, 1.165) is 38.4 Å². The summed E-state index contributed by atoms with van der Waals surface area (Å²) in [4.78, 5) is 33.6. The van der Waals surface area contributed by atoms with E-state index in [-0.39, 0.29) is 35.3 Å². The van der Waals surface area contributed by atoms with E-state index in [2.05, 4.69) is 74.3 Å². The molecule has 4 atom stereocenters. The van der Waals surface area contributed by atoms with Crippen molar-refractivity contribution >= 4 is 60.6 Å². The van der Waals surface area contributed by atoms with Gasteiger partial charge in [0.2, 0.25) is 0 Å². The molecule has 3 aliphatic rings. The van der Waals surface area contributed by atoms with Gasteiger partial charge in [-0.15, -0.1) is 0 Å². The zero-order valence-electron chi connectivity index (χ0n) is 33.0. The van der Waals surface area contributed by atoms with Crippen LogP contribution in [-0.2, 0) is 9.08 Å². The van der Waals surface area contributed by atoms with Crippen molar-refractivity contribution in [3.05, 3.63) is 166 Å². The molecule has 2 aliphatic carbocycles. The number of fused-ring (bicyclic) bond motifs is 4. The number of hydrogen-bond acceptors (Lipinski definition) is 7. The number of carbonyl (C=O) groups is 2. The SMILES string of the molecule is CC(C)(C)[Si](OCC1=C2[C@@H](CC/C(=C/c3ccc(O)cc3Cl)c3ccccn3)OB(O)C[C@@H]2[C@@H]2C(=O)c3ccccc3C(=O)[C@@H]2C1)(c1ccccc1)c1ccccc1. The Morgan fingerprint density at radius 3 is 2.14 bits per heavy atom. The molecular formula is C48H47BClNO6Si. The van der Waals surface area contributed by atoms with Crippen LogP contribution in [0.15, 0.2) is 139 Å². The minimum atomic E-state index is -3.01. The van der Waals surface area contributed by atoms with Crippen molar-refractivity contribution in [2.75, 3.05) is 6.61 Å². The molecule has 2 N–H and O–H groups in total. The number of phenols is 1. The highest BCUT2D eigenvalue weighted by Crippen LogP contribution is 2.51. The Bertz CT molecular complexity index is 2340. The minimum Gasteiger partial charge on any atom is -0.508 e. The number of benzene rings is 4. The van der Waals surface area contributed by atoms with Crippen LogP contribution in [0.5, 0.6) is 5.75 Å². The Morgan fingerprint density at radius 2 is 1.52 bits per heavy atom. The first-order valence-electron chi connectivity index (χ1n) is 20.0. The van der Waals surface area contributed by atoms with Crippen LogP contribution in [0.25, 0.3) is 11.6 Å². The van der Waals surface area contributed by atoms with E-state index in [1.807, 2.05) is 42.5 Å². The van der Waals surface area contributed by atoms with Gasteiger partial charge >= 0.3 is 7.12 Å². The Morgan fingerprint density at radius 1 is 0.879 bits per heavy atom. The topological polar surface area (TPSA) is 106 Å². The number of Topliss-reactive ketones (excluding diaryl/α,β-unsaturated/α-hetero) is 2. The maximum Gasteiger partial charge on any atom is 0.455 e. The fourth-order valence-corrected chi connectivity index (χ4v) is 14.5. The maximum absolute atomic E-state index is 14.5. The number of pyridine rings is 1. The first kappa shape index (κ1) is 39.9. The summed E-state index contributed by atoms with van der Waals surface area (Å²) in [6.07, 6.45) is 4.65. The molecule has 1 aliphatic heterocycles. The molecule has 7 nitrogen and oxygen atoms in total. The van der Waals surface area contributed by atoms with Crippen LogP contribution >= 0.6 is 11.6 Å². The van der Waals surface area contributed by atoms with Crippen molar-refractivity contribution in [1.82, 2.24) is 4.98 Å². The lowest BCUT2D eigenvalue weighted by atomic mass is 9.54. The molecule has 1 aromatic heterocycles. The number of carbonyl (C=O) groups excluding carboxylic acids is 2. The summed E-state index contributed by atoms with van der Waals surface area (Å²) in [5.41, 5.74) is 5.21. The molecule has 4 aromatic carbocycles. The van der Waals surface area contributed by atoms with Gasteiger partial charge in [0.25, 0.3) is 8.32 Å². The van der Waals surface area contributed by atoms with Gasteiger partial charge in [0, 0.05) is 29.2 Å². The fraction of sp³-hybridized carbons (Fsp3) is 0.271. The maximum atomic E-state index is 14.5. The predicted molar refractivity (Wildman–Crippen MR) is 233 cm³/mol. The van der Waals surface area contributed by atoms with Gasteiger partial charge in [-0.25, -0.2) is 0 Å². The van der Waals surface area contributed by atoms with Crippen LogP contribution < -0.4 is 10.4 Å². The molecule has 10 heteroatoms. The third-order valence-corrected chi connectivity index (χ3v) is 17.5. The van der Waals surface area contributed by atoms with E-state index in [1.54, 1.807) is 36.5 Å². The second-order valence-electron chi connectivity index (χ2n) is 16.7. The van der Waals surface area contributed by atoms with Gasteiger partial charge in [0.1, 0.15) is 5.75 Å². The number of hydrogen-bond donors (Lipinski definition) is 2. The normalized spacial score (nSPS) is 21.1. The number of aromatic nitrogens is 1. The number of nitrogens with zero attached hydrogens (tertiary/aromatic N) is 1. The van der Waals surface area contributed by atoms with E-state index in [4.69, 9.17) is 20.7 Å². The highest BCUT2D eigenvalue weighted by atomic mass is 35.5. The first-order valence-corrected chi connectivity index (χ1v) is 22.3. The van der Waals surface area contributed by atoms with Crippen LogP contribution in [0.1, 0.15) is 72.0 Å². The number of phenolic OH excluding ortho intramolecular Hbond substituents is 1. The second-order valence-corrected chi connectivity index (χ2v) is 21.4. The Hall–Kier alpha value is -4.90. The van der Waals surface area contributed by atoms with Gasteiger partial charge in [-0.3, -0.25) is 14.6 Å². The predicted octanol–water partition coefficient (Wildman–Crippen LogP) is 8.85. The minimum absolute atomic E-state index is 0.0362. The molecule has 0 amide bonds. The summed E-state index contributed by atoms with van der Waals surface area (Å²) >= 11 is 6.60. The molecule has 2 heterocycles. The molecular weight excluding hydrogens is 761 g/mol. The zero-order chi connectivity index (χ0) is 40.6. The van der Waals surface area contributed by atoms with Crippen LogP contribution in [0.4, 0.5) is 0 Å². The molecule has 0 bridgehead atoms. The summed E-state index contributed by atoms with van der Waals surface area (Å²) < 4.78 is 14.0. The average molecular weight is 808 g/mol. The molecule has 5 aromatic rings. The standard InChI is InChI=1S/C48H47BClNO6Si/c1-48(2,3)58(35-14-6-4-7-15-35,36-16-8-5-9-17-36)56-30-33-27-39-45(47(54)38-19-11-10-18-37(38)46(39)53)40-29-49(55)57-43(44(33)40)24-22-32(42-20-12-13-25-51-42)26-31-21-23-34(52)28-41(31)50/h4-21,23,25-26,28,39-40,43,45,52,55H,22,24,27,29-30H2,1-3H3/b32-26-/t39-,40+,43-,45-/m1/s1. The fourth-order valence-electron chi connectivity index (χ4n) is 9.69. The van der Waals surface area contributed by atoms with Crippen molar-refractivity contribution in [1.29, 1.82) is 0 Å². The van der Waals surface area contributed by atoms with Crippen molar-refractivity contribution in [2.45, 2.75) is 57.5 Å². The highest BCUT2D eigenvalue weighted by Gasteiger charge is 2.55. The Kier molecular flexibility index (Phi) is 11.3. The zero-order valence-corrected chi connectivity index (χ0v) is 34.7. The Balaban J connectivity index is 1.24. The van der Waals surface area contributed by atoms with Crippen LogP contribution in [0.3, 0.4) is 0 Å². The summed E-state index contributed by atoms with van der Waals surface area (Å²) in [6, 6.07) is 38.7. The van der Waals surface area contributed by atoms with Crippen molar-refractivity contribution in [3.8, 4) is 5.75 Å². The summed E-state index contributed by atoms with van der Waals surface area (Å²) in [7, 11) is -4.15. The van der Waals surface area contributed by atoms with Gasteiger partial charge in [0.05, 0.1) is 23.4 Å². The largest absolute Gasteiger partial charge is 0.508 e. The van der Waals surface area contributed by atoms with Gasteiger partial charge in [0.15, 0.2) is 11.6 Å². The third kappa shape index (κ3) is 7.46. The molecule has 8 rings (SSSR count). The highest BCUT2D eigenvalue weighted by molar-refractivity contribution is 6.99. The van der Waals surface area contributed by atoms with Gasteiger partial charge in [-0.2, -0.15) is 0 Å². The molecule has 1 fully saturated rings. The lowest BCUT2D eigenvalue weighted by Gasteiger charge is -2.48. The van der Waals surface area contributed by atoms with Crippen LogP contribution in [0.2, 0.25) is 16.4 Å². The lowest BCUT2D eigenvalue weighted by molar-refractivity contribution is 0.0592. The third-order valence-electron chi connectivity index (χ3n) is 12.2. The van der Waals surface area contributed by atoms with Crippen LogP contribution in [-0.4, -0.2) is 54.8 Å². The number of ketones is 2. The molecule has 294 valence electrons. The van der Waals surface area contributed by atoms with E-state index >= 15 is 0 Å². The van der Waals surface area contributed by atoms with E-state index < -0.39 is 39.3 Å². The van der Waals surface area contributed by atoms with Crippen molar-refractivity contribution < 1.29 is 28.8 Å². The molecule has 58 heavy (non-hydrogen) atoms. The van der Waals surface area contributed by atoms with E-state index in [0.29, 0.717) is 35.4 Å². The molecule has 1 saturated heterocycles. The smallest absolute Gasteiger partial charge is 0.455 e. The molecule has 0 saturated carbocycles. The summed E-state index contributed by atoms with van der Waals surface area (Å²) in [6.45, 7) is 6.97. The molecule has 0 radical (unpaired) electrons. The number of aromatic hydroxyl groups is 1. The van der Waals surface area contributed by atoms with Crippen LogP contribution in [0, 0.1) is 17.8 Å². The lowest BCUT2D eigenvalue weighted by Crippen LogP contribution is -2.66. The van der Waals surface area contributed by atoms with E-state index in [1.165, 1.54) is 6.07 Å². The quantitative estimate of drug-likeness (QED) is 0.107. The van der Waals surface area contributed by atoms with Gasteiger partial charge < -0.3 is 19.2 Å². The number of rotatable bonds is 10. The summed E-state index contributed by atoms with van der Waals surface area (Å²) in [5, 5.41) is 23.9.